The molecule has 0 aliphatic rings. The van der Waals surface area contributed by atoms with Gasteiger partial charge in [0.1, 0.15) is 11.8 Å². The van der Waals surface area contributed by atoms with Crippen LogP contribution in [0, 0.1) is 5.92 Å². The molecule has 0 fully saturated rings. The number of amides is 1. The average Bonchev–Trinajstić information content (AvgIpc) is 2.45. The molecule has 0 aromatic heterocycles. The van der Waals surface area contributed by atoms with Crippen molar-refractivity contribution in [3.05, 3.63) is 29.8 Å². The van der Waals surface area contributed by atoms with Gasteiger partial charge in [-0.15, -0.1) is 0 Å². The van der Waals surface area contributed by atoms with E-state index in [4.69, 9.17) is 9.84 Å². The van der Waals surface area contributed by atoms with Crippen molar-refractivity contribution in [2.75, 3.05) is 7.11 Å². The van der Waals surface area contributed by atoms with E-state index in [1.807, 2.05) is 13.8 Å². The molecule has 0 aliphatic heterocycles. The summed E-state index contributed by atoms with van der Waals surface area (Å²) in [5.74, 6) is -0.783. The predicted octanol–water partition coefficient (Wildman–Crippen LogP) is 2.41. The highest BCUT2D eigenvalue weighted by molar-refractivity contribution is 5.87. The van der Waals surface area contributed by atoms with Crippen LogP contribution >= 0.6 is 0 Å². The quantitative estimate of drug-likeness (QED) is 0.809. The molecule has 0 radical (unpaired) electrons. The zero-order valence-electron chi connectivity index (χ0n) is 12.9. The number of benzene rings is 1. The normalized spacial score (nSPS) is 13.6. The third-order valence-corrected chi connectivity index (χ3v) is 3.33. The van der Waals surface area contributed by atoms with Gasteiger partial charge >= 0.3 is 5.97 Å². The highest BCUT2D eigenvalue weighted by atomic mass is 16.5. The van der Waals surface area contributed by atoms with Crippen molar-refractivity contribution >= 4 is 11.9 Å². The third-order valence-electron chi connectivity index (χ3n) is 3.33. The molecule has 1 amide bonds. The summed E-state index contributed by atoms with van der Waals surface area (Å²) >= 11 is 0. The van der Waals surface area contributed by atoms with E-state index in [0.29, 0.717) is 6.42 Å². The van der Waals surface area contributed by atoms with E-state index in [2.05, 4.69) is 5.32 Å². The van der Waals surface area contributed by atoms with Gasteiger partial charge < -0.3 is 15.2 Å². The van der Waals surface area contributed by atoms with Crippen molar-refractivity contribution in [1.29, 1.82) is 0 Å². The van der Waals surface area contributed by atoms with E-state index in [1.54, 1.807) is 38.3 Å². The standard InChI is InChI=1S/C16H23NO4/c1-10(2)9-14(16(19)20)17-15(18)11(3)12-5-7-13(21-4)8-6-12/h5-8,10-11,14H,9H2,1-4H3,(H,17,18)(H,19,20)/t11?,14-/m0/s1. The summed E-state index contributed by atoms with van der Waals surface area (Å²) in [6, 6.07) is 6.32. The number of methoxy groups -OCH3 is 1. The monoisotopic (exact) mass is 293 g/mol. The first-order valence-electron chi connectivity index (χ1n) is 7.02. The Morgan fingerprint density at radius 1 is 1.19 bits per heavy atom. The Labute approximate surface area is 125 Å². The second-order valence-corrected chi connectivity index (χ2v) is 5.52. The van der Waals surface area contributed by atoms with Crippen molar-refractivity contribution in [3.63, 3.8) is 0 Å². The number of aliphatic carboxylic acids is 1. The lowest BCUT2D eigenvalue weighted by molar-refractivity contribution is -0.142. The van der Waals surface area contributed by atoms with Crippen molar-refractivity contribution in [2.45, 2.75) is 39.2 Å². The van der Waals surface area contributed by atoms with Gasteiger partial charge in [-0.2, -0.15) is 0 Å². The summed E-state index contributed by atoms with van der Waals surface area (Å²) in [6.45, 7) is 5.61. The lowest BCUT2D eigenvalue weighted by Crippen LogP contribution is -2.43. The molecular formula is C16H23NO4. The number of nitrogens with one attached hydrogen (secondary N) is 1. The minimum atomic E-state index is -1.00. The van der Waals surface area contributed by atoms with Crippen molar-refractivity contribution in [2.24, 2.45) is 5.92 Å². The summed E-state index contributed by atoms with van der Waals surface area (Å²) < 4.78 is 5.07. The number of carboxylic acid groups (broad SMARTS) is 1. The van der Waals surface area contributed by atoms with E-state index < -0.39 is 17.9 Å². The molecule has 0 bridgehead atoms. The number of carbonyl (C=O) groups excluding carboxylic acids is 1. The number of hydrogen-bond donors (Lipinski definition) is 2. The van der Waals surface area contributed by atoms with Gasteiger partial charge in [-0.3, -0.25) is 4.79 Å². The summed E-state index contributed by atoms with van der Waals surface area (Å²) in [5, 5.41) is 11.8. The van der Waals surface area contributed by atoms with Gasteiger partial charge in [0.2, 0.25) is 5.91 Å². The smallest absolute Gasteiger partial charge is 0.326 e. The SMILES string of the molecule is COc1ccc(C(C)C(=O)N[C@@H](CC(C)C)C(=O)O)cc1. The summed E-state index contributed by atoms with van der Waals surface area (Å²) in [7, 11) is 1.58. The lowest BCUT2D eigenvalue weighted by Gasteiger charge is -2.19. The molecule has 1 unspecified atom stereocenters. The van der Waals surface area contributed by atoms with Crippen LogP contribution in [-0.4, -0.2) is 30.1 Å². The Hall–Kier alpha value is -2.04. The second-order valence-electron chi connectivity index (χ2n) is 5.52. The summed E-state index contributed by atoms with van der Waals surface area (Å²) in [5.41, 5.74) is 0.821. The fourth-order valence-electron chi connectivity index (χ4n) is 2.03. The van der Waals surface area contributed by atoms with E-state index in [1.165, 1.54) is 0 Å². The van der Waals surface area contributed by atoms with Crippen LogP contribution in [0.25, 0.3) is 0 Å². The van der Waals surface area contributed by atoms with Gasteiger partial charge in [-0.25, -0.2) is 4.79 Å². The summed E-state index contributed by atoms with van der Waals surface area (Å²) in [6.07, 6.45) is 0.413. The first-order valence-corrected chi connectivity index (χ1v) is 7.02. The zero-order chi connectivity index (χ0) is 16.0. The van der Waals surface area contributed by atoms with E-state index in [-0.39, 0.29) is 11.8 Å². The number of rotatable bonds is 7. The molecule has 1 rings (SSSR count). The molecule has 0 aliphatic carbocycles. The Balaban J connectivity index is 2.73. The van der Waals surface area contributed by atoms with E-state index in [0.717, 1.165) is 11.3 Å². The van der Waals surface area contributed by atoms with Crippen molar-refractivity contribution in [1.82, 2.24) is 5.32 Å². The minimum absolute atomic E-state index is 0.197. The van der Waals surface area contributed by atoms with Gasteiger partial charge in [0, 0.05) is 0 Å². The van der Waals surface area contributed by atoms with Gasteiger partial charge in [-0.05, 0) is 37.0 Å². The van der Waals surface area contributed by atoms with Crippen LogP contribution in [-0.2, 0) is 9.59 Å². The second kappa shape index (κ2) is 7.67. The van der Waals surface area contributed by atoms with Crippen LogP contribution in [0.3, 0.4) is 0 Å². The fraction of sp³-hybridized carbons (Fsp3) is 0.500. The first kappa shape index (κ1) is 17.0. The Bertz CT molecular complexity index is 482. The van der Waals surface area contributed by atoms with Gasteiger partial charge in [0.25, 0.3) is 0 Å². The molecule has 0 spiro atoms. The summed E-state index contributed by atoms with van der Waals surface area (Å²) in [4.78, 5) is 23.4. The van der Waals surface area contributed by atoms with Crippen molar-refractivity contribution < 1.29 is 19.4 Å². The molecule has 5 heteroatoms. The van der Waals surface area contributed by atoms with Crippen LogP contribution in [0.4, 0.5) is 0 Å². The molecule has 2 N–H and O–H groups in total. The van der Waals surface area contributed by atoms with Crippen LogP contribution < -0.4 is 10.1 Å². The first-order chi connectivity index (χ1) is 9.85. The predicted molar refractivity (Wildman–Crippen MR) is 80.4 cm³/mol. The van der Waals surface area contributed by atoms with Gasteiger partial charge in [0.05, 0.1) is 13.0 Å². The molecule has 2 atom stereocenters. The maximum atomic E-state index is 12.2. The Morgan fingerprint density at radius 3 is 2.19 bits per heavy atom. The molecular weight excluding hydrogens is 270 g/mol. The molecule has 1 aromatic rings. The molecule has 0 saturated carbocycles. The van der Waals surface area contributed by atoms with Gasteiger partial charge in [-0.1, -0.05) is 26.0 Å². The largest absolute Gasteiger partial charge is 0.497 e. The molecule has 0 heterocycles. The van der Waals surface area contributed by atoms with E-state index >= 15 is 0 Å². The van der Waals surface area contributed by atoms with Crippen molar-refractivity contribution in [3.8, 4) is 5.75 Å². The number of carbonyl (C=O) groups is 2. The van der Waals surface area contributed by atoms with Gasteiger partial charge in [0.15, 0.2) is 0 Å². The molecule has 5 nitrogen and oxygen atoms in total. The maximum Gasteiger partial charge on any atom is 0.326 e. The topological polar surface area (TPSA) is 75.6 Å². The lowest BCUT2D eigenvalue weighted by atomic mass is 9.98. The number of hydrogen-bond acceptors (Lipinski definition) is 3. The fourth-order valence-corrected chi connectivity index (χ4v) is 2.03. The molecule has 1 aromatic carbocycles. The van der Waals surface area contributed by atoms with E-state index in [9.17, 15) is 9.59 Å². The molecule has 116 valence electrons. The molecule has 0 saturated heterocycles. The molecule has 21 heavy (non-hydrogen) atoms. The average molecular weight is 293 g/mol. The Kier molecular flexibility index (Phi) is 6.21. The Morgan fingerprint density at radius 2 is 1.76 bits per heavy atom. The third kappa shape index (κ3) is 5.10. The van der Waals surface area contributed by atoms with Crippen LogP contribution in [0.2, 0.25) is 0 Å². The highest BCUT2D eigenvalue weighted by Crippen LogP contribution is 2.19. The maximum absolute atomic E-state index is 12.2. The minimum Gasteiger partial charge on any atom is -0.497 e. The van der Waals surface area contributed by atoms with Crippen LogP contribution in [0.15, 0.2) is 24.3 Å². The van der Waals surface area contributed by atoms with Crippen LogP contribution in [0.1, 0.15) is 38.7 Å². The highest BCUT2D eigenvalue weighted by Gasteiger charge is 2.24. The number of carboxylic acids is 1. The zero-order valence-corrected chi connectivity index (χ0v) is 12.9. The number of ether oxygens (including phenoxy) is 1. The van der Waals surface area contributed by atoms with Crippen LogP contribution in [0.5, 0.6) is 5.75 Å².